The Kier molecular flexibility index (Phi) is 3.10. The van der Waals surface area contributed by atoms with Gasteiger partial charge in [-0.25, -0.2) is 0 Å². The van der Waals surface area contributed by atoms with Crippen LogP contribution >= 0.6 is 0 Å². The van der Waals surface area contributed by atoms with Crippen LogP contribution in [0, 0.1) is 5.92 Å². The summed E-state index contributed by atoms with van der Waals surface area (Å²) in [6.45, 7) is 7.27. The van der Waals surface area contributed by atoms with Crippen LogP contribution in [-0.4, -0.2) is 36.1 Å². The van der Waals surface area contributed by atoms with Crippen molar-refractivity contribution in [1.82, 2.24) is 4.90 Å². The van der Waals surface area contributed by atoms with Crippen LogP contribution in [0.2, 0.25) is 0 Å². The van der Waals surface area contributed by atoms with Gasteiger partial charge in [0.1, 0.15) is 0 Å². The van der Waals surface area contributed by atoms with E-state index in [1.165, 1.54) is 18.9 Å². The number of hydrogen-bond acceptors (Lipinski definition) is 2. The third-order valence-electron chi connectivity index (χ3n) is 3.13. The molecule has 3 nitrogen and oxygen atoms in total. The Morgan fingerprint density at radius 1 is 1.60 bits per heavy atom. The molecule has 0 unspecified atom stereocenters. The summed E-state index contributed by atoms with van der Waals surface area (Å²) in [5.74, 6) is 0.630. The number of carbonyl (C=O) groups is 1. The van der Waals surface area contributed by atoms with E-state index in [1.54, 1.807) is 0 Å². The van der Waals surface area contributed by atoms with E-state index in [9.17, 15) is 4.79 Å². The Morgan fingerprint density at radius 3 is 2.93 bits per heavy atom. The van der Waals surface area contributed by atoms with Crippen LogP contribution in [-0.2, 0) is 9.53 Å². The molecule has 1 saturated carbocycles. The fourth-order valence-corrected chi connectivity index (χ4v) is 2.18. The maximum absolute atomic E-state index is 11.6. The molecule has 1 amide bonds. The summed E-state index contributed by atoms with van der Waals surface area (Å²) in [5, 5.41) is 0. The van der Waals surface area contributed by atoms with E-state index in [1.807, 2.05) is 4.90 Å². The summed E-state index contributed by atoms with van der Waals surface area (Å²) in [6, 6.07) is 0.270. The van der Waals surface area contributed by atoms with Gasteiger partial charge in [-0.1, -0.05) is 13.5 Å². The number of amides is 1. The van der Waals surface area contributed by atoms with Crippen LogP contribution in [0.25, 0.3) is 0 Å². The van der Waals surface area contributed by atoms with Crippen LogP contribution in [0.5, 0.6) is 0 Å². The lowest BCUT2D eigenvalue weighted by Gasteiger charge is -2.23. The van der Waals surface area contributed by atoms with Gasteiger partial charge in [0.15, 0.2) is 0 Å². The Morgan fingerprint density at radius 2 is 2.33 bits per heavy atom. The summed E-state index contributed by atoms with van der Waals surface area (Å²) in [5.41, 5.74) is 0. The molecule has 1 heterocycles. The molecule has 1 aliphatic heterocycles. The molecule has 0 aromatic rings. The maximum Gasteiger partial charge on any atom is 0.246 e. The van der Waals surface area contributed by atoms with Gasteiger partial charge in [0.05, 0.1) is 18.8 Å². The highest BCUT2D eigenvalue weighted by Crippen LogP contribution is 2.27. The average Bonchev–Trinajstić information content (AvgIpc) is 2.98. The SMILES string of the molecule is C=CC(=O)N1C[C@@H](C)C[C@@H]1COC1CC1. The van der Waals surface area contributed by atoms with Gasteiger partial charge in [-0.15, -0.1) is 0 Å². The quantitative estimate of drug-likeness (QED) is 0.658. The van der Waals surface area contributed by atoms with Crippen LogP contribution < -0.4 is 0 Å². The van der Waals surface area contributed by atoms with E-state index in [0.717, 1.165) is 13.0 Å². The average molecular weight is 209 g/mol. The predicted molar refractivity (Wildman–Crippen MR) is 58.5 cm³/mol. The van der Waals surface area contributed by atoms with Crippen LogP contribution in [0.4, 0.5) is 0 Å². The van der Waals surface area contributed by atoms with Gasteiger partial charge in [-0.3, -0.25) is 4.79 Å². The van der Waals surface area contributed by atoms with E-state index < -0.39 is 0 Å². The van der Waals surface area contributed by atoms with Gasteiger partial charge in [-0.2, -0.15) is 0 Å². The first-order valence-electron chi connectivity index (χ1n) is 5.75. The second-order valence-corrected chi connectivity index (χ2v) is 4.72. The number of hydrogen-bond donors (Lipinski definition) is 0. The fraction of sp³-hybridized carbons (Fsp3) is 0.750. The molecule has 1 saturated heterocycles. The third kappa shape index (κ3) is 2.59. The second kappa shape index (κ2) is 4.35. The van der Waals surface area contributed by atoms with Crippen molar-refractivity contribution in [3.05, 3.63) is 12.7 Å². The number of likely N-dealkylation sites (tertiary alicyclic amines) is 1. The highest BCUT2D eigenvalue weighted by molar-refractivity contribution is 5.87. The van der Waals surface area contributed by atoms with Crippen LogP contribution in [0.15, 0.2) is 12.7 Å². The lowest BCUT2D eigenvalue weighted by molar-refractivity contribution is -0.128. The maximum atomic E-state index is 11.6. The van der Waals surface area contributed by atoms with Gasteiger partial charge in [0.25, 0.3) is 0 Å². The molecule has 15 heavy (non-hydrogen) atoms. The predicted octanol–water partition coefficient (Wildman–Crippen LogP) is 1.59. The van der Waals surface area contributed by atoms with Crippen molar-refractivity contribution in [2.24, 2.45) is 5.92 Å². The first kappa shape index (κ1) is 10.7. The van der Waals surface area contributed by atoms with Crippen molar-refractivity contribution in [2.45, 2.75) is 38.3 Å². The Labute approximate surface area is 91.1 Å². The summed E-state index contributed by atoms with van der Waals surface area (Å²) in [6.07, 6.45) is 5.32. The Bertz CT molecular complexity index is 260. The molecule has 2 atom stereocenters. The van der Waals surface area contributed by atoms with Crippen molar-refractivity contribution in [2.75, 3.05) is 13.2 Å². The van der Waals surface area contributed by atoms with Crippen molar-refractivity contribution in [3.8, 4) is 0 Å². The first-order chi connectivity index (χ1) is 7.20. The van der Waals surface area contributed by atoms with Crippen molar-refractivity contribution >= 4 is 5.91 Å². The first-order valence-corrected chi connectivity index (χ1v) is 5.75. The molecular weight excluding hydrogens is 190 g/mol. The number of nitrogens with zero attached hydrogens (tertiary/aromatic N) is 1. The summed E-state index contributed by atoms with van der Waals surface area (Å²) in [4.78, 5) is 13.5. The van der Waals surface area contributed by atoms with Crippen molar-refractivity contribution in [1.29, 1.82) is 0 Å². The Hall–Kier alpha value is -0.830. The minimum atomic E-state index is 0.0451. The van der Waals surface area contributed by atoms with Crippen molar-refractivity contribution in [3.63, 3.8) is 0 Å². The van der Waals surface area contributed by atoms with Gasteiger partial charge >= 0.3 is 0 Å². The molecule has 2 fully saturated rings. The zero-order chi connectivity index (χ0) is 10.8. The van der Waals surface area contributed by atoms with E-state index in [2.05, 4.69) is 13.5 Å². The summed E-state index contributed by atoms with van der Waals surface area (Å²) >= 11 is 0. The van der Waals surface area contributed by atoms with Gasteiger partial charge in [0, 0.05) is 6.54 Å². The molecule has 1 aliphatic carbocycles. The normalized spacial score (nSPS) is 30.6. The standard InChI is InChI=1S/C12H19NO2/c1-3-12(14)13-7-9(2)6-10(13)8-15-11-4-5-11/h3,9-11H,1,4-8H2,2H3/t9-,10+/m0/s1. The van der Waals surface area contributed by atoms with Gasteiger partial charge < -0.3 is 9.64 Å². The molecule has 0 aromatic carbocycles. The topological polar surface area (TPSA) is 29.5 Å². The summed E-state index contributed by atoms with van der Waals surface area (Å²) < 4.78 is 5.68. The monoisotopic (exact) mass is 209 g/mol. The Balaban J connectivity index is 1.88. The van der Waals surface area contributed by atoms with E-state index in [0.29, 0.717) is 18.6 Å². The number of ether oxygens (including phenoxy) is 1. The number of carbonyl (C=O) groups excluding carboxylic acids is 1. The molecular formula is C12H19NO2. The minimum Gasteiger partial charge on any atom is -0.376 e. The molecule has 0 aromatic heterocycles. The molecule has 3 heteroatoms. The molecule has 0 spiro atoms. The number of rotatable bonds is 4. The van der Waals surface area contributed by atoms with E-state index in [4.69, 9.17) is 4.74 Å². The lowest BCUT2D eigenvalue weighted by Crippen LogP contribution is -2.37. The highest BCUT2D eigenvalue weighted by Gasteiger charge is 2.33. The largest absolute Gasteiger partial charge is 0.376 e. The molecule has 0 radical (unpaired) electrons. The minimum absolute atomic E-state index is 0.0451. The molecule has 84 valence electrons. The second-order valence-electron chi connectivity index (χ2n) is 4.72. The highest BCUT2D eigenvalue weighted by atomic mass is 16.5. The van der Waals surface area contributed by atoms with Crippen LogP contribution in [0.1, 0.15) is 26.2 Å². The van der Waals surface area contributed by atoms with E-state index >= 15 is 0 Å². The zero-order valence-electron chi connectivity index (χ0n) is 9.32. The van der Waals surface area contributed by atoms with E-state index in [-0.39, 0.29) is 11.9 Å². The van der Waals surface area contributed by atoms with Gasteiger partial charge in [0.2, 0.25) is 5.91 Å². The van der Waals surface area contributed by atoms with Gasteiger partial charge in [-0.05, 0) is 31.3 Å². The lowest BCUT2D eigenvalue weighted by atomic mass is 10.1. The molecule has 0 bridgehead atoms. The van der Waals surface area contributed by atoms with Crippen LogP contribution in [0.3, 0.4) is 0 Å². The molecule has 2 rings (SSSR count). The smallest absolute Gasteiger partial charge is 0.246 e. The zero-order valence-corrected chi connectivity index (χ0v) is 9.32. The third-order valence-corrected chi connectivity index (χ3v) is 3.13. The summed E-state index contributed by atoms with van der Waals surface area (Å²) in [7, 11) is 0. The van der Waals surface area contributed by atoms with Crippen molar-refractivity contribution < 1.29 is 9.53 Å². The fourth-order valence-electron chi connectivity index (χ4n) is 2.18. The molecule has 0 N–H and O–H groups in total. The molecule has 2 aliphatic rings.